The van der Waals surface area contributed by atoms with Crippen LogP contribution in [-0.4, -0.2) is 60.0 Å². The minimum atomic E-state index is -0.795. The fraction of sp³-hybridized carbons (Fsp3) is 0.536. The molecule has 4 N–H and O–H groups in total. The number of hydrogen-bond donors (Lipinski definition) is 3. The van der Waals surface area contributed by atoms with Crippen LogP contribution in [0.15, 0.2) is 35.9 Å². The van der Waals surface area contributed by atoms with E-state index in [1.807, 2.05) is 30.3 Å². The predicted molar refractivity (Wildman–Crippen MR) is 136 cm³/mol. The summed E-state index contributed by atoms with van der Waals surface area (Å²) in [6.45, 7) is 2.22. The molecule has 3 aliphatic rings. The Morgan fingerprint density at radius 3 is 2.78 bits per heavy atom. The molecule has 1 aromatic carbocycles. The number of fused-ring (bicyclic) bond motifs is 1. The van der Waals surface area contributed by atoms with E-state index < -0.39 is 18.1 Å². The number of benzene rings is 1. The molecule has 5 unspecified atom stereocenters. The van der Waals surface area contributed by atoms with Crippen molar-refractivity contribution < 1.29 is 19.1 Å². The third kappa shape index (κ3) is 5.63. The minimum absolute atomic E-state index is 0.162. The molecule has 3 amide bonds. The second-order valence-corrected chi connectivity index (χ2v) is 9.89. The Kier molecular flexibility index (Phi) is 8.44. The lowest BCUT2D eigenvalue weighted by Gasteiger charge is -2.32. The van der Waals surface area contributed by atoms with E-state index in [-0.39, 0.29) is 36.5 Å². The first-order valence-corrected chi connectivity index (χ1v) is 12.9. The van der Waals surface area contributed by atoms with E-state index in [4.69, 9.17) is 16.9 Å². The zero-order valence-electron chi connectivity index (χ0n) is 20.9. The molecule has 0 spiro atoms. The standard InChI is InChI=1S/C28H36N4O4/c1-3-16-36-23-17-20-12-7-8-13-21(20)25(23)31-27(34)22-14-9-15-32(22)28(35)24(30-26(33)18(2)29)19-10-5-4-6-11-19/h1,7-8,10,12-13,18,22-25H,4-6,9,11,14-17,29H2,2H3,(H,30,33)(H,31,34). The number of nitrogens with one attached hydrogen (secondary N) is 2. The zero-order chi connectivity index (χ0) is 25.7. The average molecular weight is 493 g/mol. The Hall–Kier alpha value is -3.15. The van der Waals surface area contributed by atoms with Gasteiger partial charge in [0.05, 0.1) is 18.2 Å². The van der Waals surface area contributed by atoms with Crippen LogP contribution < -0.4 is 16.4 Å². The molecule has 0 aromatic heterocycles. The number of nitrogens with zero attached hydrogens (tertiary/aromatic N) is 1. The number of carbonyl (C=O) groups is 3. The Bertz CT molecular complexity index is 1060. The van der Waals surface area contributed by atoms with Crippen molar-refractivity contribution >= 4 is 17.7 Å². The van der Waals surface area contributed by atoms with Gasteiger partial charge >= 0.3 is 0 Å². The number of allylic oxidation sites excluding steroid dienone is 1. The molecule has 1 fully saturated rings. The molecular weight excluding hydrogens is 456 g/mol. The van der Waals surface area contributed by atoms with Crippen LogP contribution in [0.1, 0.15) is 62.6 Å². The van der Waals surface area contributed by atoms with Crippen LogP contribution >= 0.6 is 0 Å². The molecule has 1 aliphatic heterocycles. The Balaban J connectivity index is 1.52. The van der Waals surface area contributed by atoms with Gasteiger partial charge in [-0.2, -0.15) is 0 Å². The second-order valence-electron chi connectivity index (χ2n) is 9.89. The summed E-state index contributed by atoms with van der Waals surface area (Å²) in [6.07, 6.45) is 12.8. The van der Waals surface area contributed by atoms with Gasteiger partial charge in [-0.05, 0) is 62.1 Å². The summed E-state index contributed by atoms with van der Waals surface area (Å²) >= 11 is 0. The normalized spacial score (nSPS) is 24.8. The van der Waals surface area contributed by atoms with Gasteiger partial charge in [-0.15, -0.1) is 6.42 Å². The lowest BCUT2D eigenvalue weighted by molar-refractivity contribution is -0.141. The van der Waals surface area contributed by atoms with E-state index in [9.17, 15) is 14.4 Å². The number of likely N-dealkylation sites (tertiary alicyclic amines) is 1. The molecule has 0 radical (unpaired) electrons. The molecule has 8 heteroatoms. The van der Waals surface area contributed by atoms with E-state index in [1.54, 1.807) is 11.8 Å². The molecular formula is C28H36N4O4. The SMILES string of the molecule is C#CCOC1Cc2ccccc2C1NC(=O)C1CCCN1C(=O)C(NC(=O)C(C)N)C1=CCCCC1. The summed E-state index contributed by atoms with van der Waals surface area (Å²) in [5.74, 6) is 1.66. The van der Waals surface area contributed by atoms with Gasteiger partial charge in [0.2, 0.25) is 17.7 Å². The Morgan fingerprint density at radius 2 is 2.06 bits per heavy atom. The van der Waals surface area contributed by atoms with E-state index in [0.29, 0.717) is 19.4 Å². The zero-order valence-corrected chi connectivity index (χ0v) is 20.9. The maximum atomic E-state index is 13.8. The molecule has 1 saturated heterocycles. The lowest BCUT2D eigenvalue weighted by Crippen LogP contribution is -2.56. The quantitative estimate of drug-likeness (QED) is 0.378. The van der Waals surface area contributed by atoms with Crippen LogP contribution in [0.2, 0.25) is 0 Å². The smallest absolute Gasteiger partial charge is 0.250 e. The van der Waals surface area contributed by atoms with Gasteiger partial charge in [-0.1, -0.05) is 36.3 Å². The summed E-state index contributed by atoms with van der Waals surface area (Å²) in [5.41, 5.74) is 8.81. The monoisotopic (exact) mass is 492 g/mol. The van der Waals surface area contributed by atoms with Crippen molar-refractivity contribution in [1.29, 1.82) is 0 Å². The lowest BCUT2D eigenvalue weighted by atomic mass is 9.92. The molecule has 192 valence electrons. The Labute approximate surface area is 213 Å². The van der Waals surface area contributed by atoms with Crippen LogP contribution in [0.5, 0.6) is 0 Å². The highest BCUT2D eigenvalue weighted by Gasteiger charge is 2.41. The van der Waals surface area contributed by atoms with Crippen molar-refractivity contribution in [2.24, 2.45) is 5.73 Å². The second kappa shape index (κ2) is 11.7. The average Bonchev–Trinajstić information content (AvgIpc) is 3.51. The van der Waals surface area contributed by atoms with Gasteiger partial charge in [0, 0.05) is 13.0 Å². The topological polar surface area (TPSA) is 114 Å². The number of nitrogens with two attached hydrogens (primary N) is 1. The summed E-state index contributed by atoms with van der Waals surface area (Å²) in [7, 11) is 0. The van der Waals surface area contributed by atoms with Crippen LogP contribution in [-0.2, 0) is 25.5 Å². The van der Waals surface area contributed by atoms with Gasteiger partial charge in [0.25, 0.3) is 0 Å². The molecule has 0 bridgehead atoms. The van der Waals surface area contributed by atoms with E-state index >= 15 is 0 Å². The molecule has 36 heavy (non-hydrogen) atoms. The fourth-order valence-corrected chi connectivity index (χ4v) is 5.47. The highest BCUT2D eigenvalue weighted by Crippen LogP contribution is 2.34. The highest BCUT2D eigenvalue weighted by molar-refractivity contribution is 5.95. The van der Waals surface area contributed by atoms with Crippen LogP contribution in [0.4, 0.5) is 0 Å². The molecule has 4 rings (SSSR count). The van der Waals surface area contributed by atoms with Crippen molar-refractivity contribution in [3.63, 3.8) is 0 Å². The van der Waals surface area contributed by atoms with Crippen molar-refractivity contribution in [2.45, 2.75) is 82.1 Å². The number of terminal acetylenes is 1. The van der Waals surface area contributed by atoms with Gasteiger partial charge in [-0.3, -0.25) is 14.4 Å². The summed E-state index contributed by atoms with van der Waals surface area (Å²) in [5, 5.41) is 5.99. The first-order chi connectivity index (χ1) is 17.4. The van der Waals surface area contributed by atoms with E-state index in [1.165, 1.54) is 0 Å². The van der Waals surface area contributed by atoms with Crippen molar-refractivity contribution in [2.75, 3.05) is 13.2 Å². The fourth-order valence-electron chi connectivity index (χ4n) is 5.47. The van der Waals surface area contributed by atoms with Gasteiger partial charge < -0.3 is 26.0 Å². The van der Waals surface area contributed by atoms with Crippen molar-refractivity contribution in [1.82, 2.24) is 15.5 Å². The number of ether oxygens (including phenoxy) is 1. The van der Waals surface area contributed by atoms with Crippen molar-refractivity contribution in [3.05, 3.63) is 47.0 Å². The number of carbonyl (C=O) groups excluding carboxylic acids is 3. The number of amides is 3. The summed E-state index contributed by atoms with van der Waals surface area (Å²) in [4.78, 5) is 41.4. The first kappa shape index (κ1) is 25.9. The maximum Gasteiger partial charge on any atom is 0.250 e. The molecule has 8 nitrogen and oxygen atoms in total. The van der Waals surface area contributed by atoms with Crippen molar-refractivity contribution in [3.8, 4) is 12.3 Å². The first-order valence-electron chi connectivity index (χ1n) is 12.9. The molecule has 2 aliphatic carbocycles. The summed E-state index contributed by atoms with van der Waals surface area (Å²) in [6, 6.07) is 5.45. The predicted octanol–water partition coefficient (Wildman–Crippen LogP) is 1.74. The molecule has 5 atom stereocenters. The van der Waals surface area contributed by atoms with E-state index in [0.717, 1.165) is 48.8 Å². The van der Waals surface area contributed by atoms with E-state index in [2.05, 4.69) is 16.6 Å². The van der Waals surface area contributed by atoms with Gasteiger partial charge in [-0.25, -0.2) is 0 Å². The molecule has 0 saturated carbocycles. The highest BCUT2D eigenvalue weighted by atomic mass is 16.5. The van der Waals surface area contributed by atoms with Crippen LogP contribution in [0.3, 0.4) is 0 Å². The number of rotatable bonds is 8. The summed E-state index contributed by atoms with van der Waals surface area (Å²) < 4.78 is 5.87. The maximum absolute atomic E-state index is 13.8. The van der Waals surface area contributed by atoms with Crippen LogP contribution in [0, 0.1) is 12.3 Å². The largest absolute Gasteiger partial charge is 0.363 e. The van der Waals surface area contributed by atoms with Gasteiger partial charge in [0.1, 0.15) is 18.7 Å². The third-order valence-electron chi connectivity index (χ3n) is 7.34. The molecule has 1 aromatic rings. The van der Waals surface area contributed by atoms with Gasteiger partial charge in [0.15, 0.2) is 0 Å². The van der Waals surface area contributed by atoms with Crippen LogP contribution in [0.25, 0.3) is 0 Å². The minimum Gasteiger partial charge on any atom is -0.363 e. The number of hydrogen-bond acceptors (Lipinski definition) is 5. The third-order valence-corrected chi connectivity index (χ3v) is 7.34. The molecule has 1 heterocycles. The Morgan fingerprint density at radius 1 is 1.25 bits per heavy atom.